The van der Waals surface area contributed by atoms with Crippen LogP contribution in [0.5, 0.6) is 0 Å². The maximum atomic E-state index is 13.6. The van der Waals surface area contributed by atoms with E-state index < -0.39 is 22.5 Å². The van der Waals surface area contributed by atoms with E-state index in [4.69, 9.17) is 27.9 Å². The minimum absolute atomic E-state index is 0.0535. The van der Waals surface area contributed by atoms with Gasteiger partial charge in [-0.3, -0.25) is 14.0 Å². The third-order valence-electron chi connectivity index (χ3n) is 6.09. The van der Waals surface area contributed by atoms with Crippen molar-refractivity contribution in [1.29, 1.82) is 0 Å². The van der Waals surface area contributed by atoms with Crippen LogP contribution < -0.4 is 9.62 Å². The van der Waals surface area contributed by atoms with Gasteiger partial charge in [0.1, 0.15) is 6.54 Å². The Balaban J connectivity index is 1.50. The second-order valence-electron chi connectivity index (χ2n) is 8.88. The number of halogens is 2. The number of hydrogen-bond donors (Lipinski definition) is 1. The molecule has 7 nitrogen and oxygen atoms in total. The smallest absolute Gasteiger partial charge is 0.264 e. The van der Waals surface area contributed by atoms with Crippen LogP contribution >= 0.6 is 23.2 Å². The number of morpholine rings is 1. The first-order chi connectivity index (χ1) is 17.7. The summed E-state index contributed by atoms with van der Waals surface area (Å²) in [6, 6.07) is 19.1. The van der Waals surface area contributed by atoms with E-state index in [0.29, 0.717) is 0 Å². The zero-order valence-electron chi connectivity index (χ0n) is 20.5. The summed E-state index contributed by atoms with van der Waals surface area (Å²) in [5.74, 6) is -0.467. The lowest BCUT2D eigenvalue weighted by atomic mass is 10.1. The van der Waals surface area contributed by atoms with Crippen molar-refractivity contribution in [2.75, 3.05) is 37.2 Å². The van der Waals surface area contributed by atoms with Crippen LogP contribution in [0, 0.1) is 6.92 Å². The van der Waals surface area contributed by atoms with Crippen molar-refractivity contribution in [3.8, 4) is 0 Å². The molecule has 0 bridgehead atoms. The van der Waals surface area contributed by atoms with E-state index in [0.717, 1.165) is 53.8 Å². The van der Waals surface area contributed by atoms with Gasteiger partial charge in [0.2, 0.25) is 5.91 Å². The first kappa shape index (κ1) is 27.4. The summed E-state index contributed by atoms with van der Waals surface area (Å²) in [6.07, 6.45) is 0. The summed E-state index contributed by atoms with van der Waals surface area (Å²) < 4.78 is 33.6. The molecule has 1 heterocycles. The highest BCUT2D eigenvalue weighted by molar-refractivity contribution is 7.92. The largest absolute Gasteiger partial charge is 0.379 e. The zero-order chi connectivity index (χ0) is 26.4. The second kappa shape index (κ2) is 12.3. The Kier molecular flexibility index (Phi) is 9.10. The molecule has 1 aliphatic heterocycles. The number of carbonyl (C=O) groups excluding carboxylic acids is 1. The minimum Gasteiger partial charge on any atom is -0.379 e. The molecule has 4 rings (SSSR count). The van der Waals surface area contributed by atoms with Gasteiger partial charge in [0.15, 0.2) is 0 Å². The summed E-state index contributed by atoms with van der Waals surface area (Å²) in [4.78, 5) is 15.4. The standard InChI is InChI=1S/C27H29Cl2N3O4S/c1-20-8-10-23(11-9-20)37(34,35)32(25-7-3-6-24(28)27(25)29)19-26(33)30-17-21-4-2-5-22(16-21)18-31-12-14-36-15-13-31/h2-11,16H,12-15,17-19H2,1H3,(H,30,33). The molecule has 0 spiro atoms. The van der Waals surface area contributed by atoms with Crippen LogP contribution in [0.2, 0.25) is 10.0 Å². The van der Waals surface area contributed by atoms with E-state index in [1.165, 1.54) is 18.2 Å². The first-order valence-corrected chi connectivity index (χ1v) is 14.1. The Morgan fingerprint density at radius 3 is 2.41 bits per heavy atom. The third kappa shape index (κ3) is 7.03. The molecule has 0 saturated carbocycles. The van der Waals surface area contributed by atoms with Gasteiger partial charge in [0.05, 0.1) is 33.8 Å². The predicted molar refractivity (Wildman–Crippen MR) is 147 cm³/mol. The van der Waals surface area contributed by atoms with E-state index in [2.05, 4.69) is 16.3 Å². The first-order valence-electron chi connectivity index (χ1n) is 11.9. The fourth-order valence-electron chi connectivity index (χ4n) is 4.06. The zero-order valence-corrected chi connectivity index (χ0v) is 22.8. The molecule has 1 amide bonds. The van der Waals surface area contributed by atoms with E-state index in [1.807, 2.05) is 25.1 Å². The van der Waals surface area contributed by atoms with Gasteiger partial charge in [0.25, 0.3) is 10.0 Å². The average molecular weight is 563 g/mol. The Morgan fingerprint density at radius 2 is 1.68 bits per heavy atom. The maximum absolute atomic E-state index is 13.6. The fraction of sp³-hybridized carbons (Fsp3) is 0.296. The maximum Gasteiger partial charge on any atom is 0.264 e. The van der Waals surface area contributed by atoms with Crippen molar-refractivity contribution in [3.05, 3.63) is 93.5 Å². The molecular formula is C27H29Cl2N3O4S. The molecule has 1 aliphatic rings. The number of anilines is 1. The van der Waals surface area contributed by atoms with Crippen molar-refractivity contribution in [2.45, 2.75) is 24.9 Å². The number of hydrogen-bond acceptors (Lipinski definition) is 5. The molecule has 3 aromatic carbocycles. The SMILES string of the molecule is Cc1ccc(S(=O)(=O)N(CC(=O)NCc2cccc(CN3CCOCC3)c2)c2cccc(Cl)c2Cl)cc1. The molecule has 0 aliphatic carbocycles. The number of nitrogens with one attached hydrogen (secondary N) is 1. The van der Waals surface area contributed by atoms with Crippen LogP contribution in [0.15, 0.2) is 71.6 Å². The van der Waals surface area contributed by atoms with Crippen molar-refractivity contribution >= 4 is 44.8 Å². The number of aryl methyl sites for hydroxylation is 1. The Morgan fingerprint density at radius 1 is 1.00 bits per heavy atom. The molecule has 1 fully saturated rings. The molecule has 0 unspecified atom stereocenters. The summed E-state index contributed by atoms with van der Waals surface area (Å²) in [7, 11) is -4.10. The molecule has 37 heavy (non-hydrogen) atoms. The van der Waals surface area contributed by atoms with Gasteiger partial charge in [-0.1, -0.05) is 71.2 Å². The lowest BCUT2D eigenvalue weighted by molar-refractivity contribution is -0.119. The van der Waals surface area contributed by atoms with Crippen LogP contribution in [0.1, 0.15) is 16.7 Å². The van der Waals surface area contributed by atoms with Gasteiger partial charge in [-0.2, -0.15) is 0 Å². The normalized spacial score (nSPS) is 14.4. The van der Waals surface area contributed by atoms with Crippen LogP contribution in [0.4, 0.5) is 5.69 Å². The Labute approximate surface area is 228 Å². The molecule has 1 N–H and O–H groups in total. The molecule has 3 aromatic rings. The van der Waals surface area contributed by atoms with Gasteiger partial charge in [0, 0.05) is 26.2 Å². The van der Waals surface area contributed by atoms with E-state index in [9.17, 15) is 13.2 Å². The highest BCUT2D eigenvalue weighted by atomic mass is 35.5. The lowest BCUT2D eigenvalue weighted by Crippen LogP contribution is -2.40. The van der Waals surface area contributed by atoms with Gasteiger partial charge in [-0.15, -0.1) is 0 Å². The van der Waals surface area contributed by atoms with Crippen molar-refractivity contribution < 1.29 is 17.9 Å². The summed E-state index contributed by atoms with van der Waals surface area (Å²) in [5, 5.41) is 3.10. The van der Waals surface area contributed by atoms with Crippen molar-refractivity contribution in [2.24, 2.45) is 0 Å². The van der Waals surface area contributed by atoms with Gasteiger partial charge < -0.3 is 10.1 Å². The highest BCUT2D eigenvalue weighted by Gasteiger charge is 2.29. The molecule has 10 heteroatoms. The summed E-state index contributed by atoms with van der Waals surface area (Å²) in [6.45, 7) is 5.72. The quantitative estimate of drug-likeness (QED) is 0.411. The Hall–Kier alpha value is -2.62. The molecule has 196 valence electrons. The minimum atomic E-state index is -4.10. The van der Waals surface area contributed by atoms with E-state index in [1.54, 1.807) is 24.3 Å². The van der Waals surface area contributed by atoms with Crippen LogP contribution in [0.3, 0.4) is 0 Å². The number of ether oxygens (including phenoxy) is 1. The molecule has 1 saturated heterocycles. The average Bonchev–Trinajstić information content (AvgIpc) is 2.89. The van der Waals surface area contributed by atoms with Crippen LogP contribution in [0.25, 0.3) is 0 Å². The lowest BCUT2D eigenvalue weighted by Gasteiger charge is -2.26. The van der Waals surface area contributed by atoms with Gasteiger partial charge in [-0.05, 0) is 42.3 Å². The molecule has 0 radical (unpaired) electrons. The monoisotopic (exact) mass is 561 g/mol. The predicted octanol–water partition coefficient (Wildman–Crippen LogP) is 4.65. The van der Waals surface area contributed by atoms with Gasteiger partial charge in [-0.25, -0.2) is 8.42 Å². The Bertz CT molecular complexity index is 1340. The van der Waals surface area contributed by atoms with Crippen molar-refractivity contribution in [3.63, 3.8) is 0 Å². The van der Waals surface area contributed by atoms with Gasteiger partial charge >= 0.3 is 0 Å². The fourth-order valence-corrected chi connectivity index (χ4v) is 5.95. The number of benzene rings is 3. The third-order valence-corrected chi connectivity index (χ3v) is 8.67. The summed E-state index contributed by atoms with van der Waals surface area (Å²) >= 11 is 12.6. The molecule has 0 aromatic heterocycles. The van der Waals surface area contributed by atoms with Crippen molar-refractivity contribution in [1.82, 2.24) is 10.2 Å². The van der Waals surface area contributed by atoms with E-state index >= 15 is 0 Å². The number of carbonyl (C=O) groups is 1. The van der Waals surface area contributed by atoms with E-state index in [-0.39, 0.29) is 27.2 Å². The molecule has 0 atom stereocenters. The van der Waals surface area contributed by atoms with Crippen LogP contribution in [-0.2, 0) is 32.6 Å². The number of nitrogens with zero attached hydrogens (tertiary/aromatic N) is 2. The highest BCUT2D eigenvalue weighted by Crippen LogP contribution is 2.35. The summed E-state index contributed by atoms with van der Waals surface area (Å²) in [5.41, 5.74) is 3.12. The topological polar surface area (TPSA) is 79.0 Å². The number of amides is 1. The second-order valence-corrected chi connectivity index (χ2v) is 11.5. The number of rotatable bonds is 9. The van der Waals surface area contributed by atoms with Crippen LogP contribution in [-0.4, -0.2) is 52.1 Å². The molecular weight excluding hydrogens is 533 g/mol. The number of sulfonamides is 1.